The number of pyridine rings is 1. The van der Waals surface area contributed by atoms with Crippen LogP contribution in [0.15, 0.2) is 6.20 Å². The number of nitriles is 1. The van der Waals surface area contributed by atoms with E-state index in [0.29, 0.717) is 16.8 Å². The van der Waals surface area contributed by atoms with Crippen LogP contribution >= 0.6 is 11.3 Å². The number of benzene rings is 1. The van der Waals surface area contributed by atoms with Gasteiger partial charge in [0, 0.05) is 42.2 Å². The minimum absolute atomic E-state index is 0.0834. The molecule has 0 aliphatic carbocycles. The van der Waals surface area contributed by atoms with E-state index in [2.05, 4.69) is 39.8 Å². The highest BCUT2D eigenvalue weighted by Crippen LogP contribution is 2.48. The van der Waals surface area contributed by atoms with Crippen molar-refractivity contribution >= 4 is 43.1 Å². The molecule has 45 heavy (non-hydrogen) atoms. The molecule has 0 amide bonds. The van der Waals surface area contributed by atoms with Crippen molar-refractivity contribution in [1.82, 2.24) is 24.8 Å². The summed E-state index contributed by atoms with van der Waals surface area (Å²) in [7, 11) is 4.22. The van der Waals surface area contributed by atoms with Gasteiger partial charge in [-0.25, -0.2) is 8.78 Å². The zero-order chi connectivity index (χ0) is 31.1. The summed E-state index contributed by atoms with van der Waals surface area (Å²) in [5.74, 6) is -0.564. The molecule has 0 spiro atoms. The van der Waals surface area contributed by atoms with Crippen LogP contribution in [0.4, 0.5) is 19.6 Å². The summed E-state index contributed by atoms with van der Waals surface area (Å²) in [4.78, 5) is 21.1. The summed E-state index contributed by atoms with van der Waals surface area (Å²) in [6.07, 6.45) is 4.98. The van der Waals surface area contributed by atoms with Gasteiger partial charge in [-0.15, -0.1) is 11.3 Å². The second-order valence-corrected chi connectivity index (χ2v) is 13.9. The lowest BCUT2D eigenvalue weighted by Gasteiger charge is -2.41. The molecular formula is C32H34F2N8O2S. The summed E-state index contributed by atoms with van der Waals surface area (Å²) >= 11 is 0.958. The Morgan fingerprint density at radius 3 is 2.58 bits per heavy atom. The highest BCUT2D eigenvalue weighted by atomic mass is 32.1. The van der Waals surface area contributed by atoms with Crippen LogP contribution in [0, 0.1) is 23.0 Å². The minimum atomic E-state index is -0.621. The van der Waals surface area contributed by atoms with E-state index in [1.54, 1.807) is 0 Å². The molecule has 3 fully saturated rings. The van der Waals surface area contributed by atoms with E-state index in [-0.39, 0.29) is 80.9 Å². The van der Waals surface area contributed by atoms with Crippen LogP contribution in [-0.2, 0) is 18.0 Å². The van der Waals surface area contributed by atoms with E-state index in [1.165, 1.54) is 0 Å². The number of halogens is 2. The SMILES string of the molecule is C[C@H](Oc1nc(N2C3CCC2CN(C)C3)c2c3c(c(-c4ncc(F)c5sc(N)c(C#N)c45)c(F)c2n1)COC3)[C@@H]1CCCN1C. The summed E-state index contributed by atoms with van der Waals surface area (Å²) in [5, 5.41) is 10.9. The molecule has 3 saturated heterocycles. The highest BCUT2D eigenvalue weighted by molar-refractivity contribution is 7.23. The molecule has 2 bridgehead atoms. The molecule has 4 aliphatic heterocycles. The van der Waals surface area contributed by atoms with Gasteiger partial charge in [0.1, 0.15) is 28.5 Å². The maximum absolute atomic E-state index is 17.3. The van der Waals surface area contributed by atoms with Crippen molar-refractivity contribution in [2.45, 2.75) is 70.1 Å². The van der Waals surface area contributed by atoms with Gasteiger partial charge in [0.15, 0.2) is 11.6 Å². The lowest BCUT2D eigenvalue weighted by atomic mass is 9.93. The molecule has 3 aromatic heterocycles. The number of anilines is 2. The van der Waals surface area contributed by atoms with Crippen LogP contribution in [0.5, 0.6) is 6.01 Å². The Balaban J connectivity index is 1.39. The summed E-state index contributed by atoms with van der Waals surface area (Å²) in [6.45, 7) is 5.15. The number of nitrogens with zero attached hydrogens (tertiary/aromatic N) is 7. The molecule has 7 heterocycles. The fraction of sp³-hybridized carbons (Fsp3) is 0.500. The Morgan fingerprint density at radius 2 is 1.87 bits per heavy atom. The molecule has 4 atom stereocenters. The molecule has 4 aliphatic rings. The maximum atomic E-state index is 17.3. The number of hydrogen-bond donors (Lipinski definition) is 1. The molecule has 234 valence electrons. The van der Waals surface area contributed by atoms with Gasteiger partial charge in [-0.3, -0.25) is 9.88 Å². The van der Waals surface area contributed by atoms with Crippen molar-refractivity contribution in [2.75, 3.05) is 44.4 Å². The van der Waals surface area contributed by atoms with Gasteiger partial charge in [-0.05, 0) is 64.4 Å². The van der Waals surface area contributed by atoms with Gasteiger partial charge in [0.25, 0.3) is 0 Å². The summed E-state index contributed by atoms with van der Waals surface area (Å²) < 4.78 is 44.8. The first-order valence-corrected chi connectivity index (χ1v) is 16.3. The molecule has 1 aromatic carbocycles. The van der Waals surface area contributed by atoms with Crippen LogP contribution in [0.25, 0.3) is 32.2 Å². The Kier molecular flexibility index (Phi) is 6.83. The predicted octanol–water partition coefficient (Wildman–Crippen LogP) is 4.81. The van der Waals surface area contributed by atoms with Crippen LogP contribution in [0.3, 0.4) is 0 Å². The predicted molar refractivity (Wildman–Crippen MR) is 168 cm³/mol. The number of hydrogen-bond acceptors (Lipinski definition) is 11. The lowest BCUT2D eigenvalue weighted by Crippen LogP contribution is -2.53. The molecule has 4 aromatic rings. The normalized spacial score (nSPS) is 24.1. The minimum Gasteiger partial charge on any atom is -0.459 e. The number of aromatic nitrogens is 3. The van der Waals surface area contributed by atoms with E-state index in [4.69, 9.17) is 25.2 Å². The van der Waals surface area contributed by atoms with E-state index < -0.39 is 11.6 Å². The van der Waals surface area contributed by atoms with Crippen LogP contribution in [-0.4, -0.2) is 82.7 Å². The number of rotatable bonds is 5. The zero-order valence-corrected chi connectivity index (χ0v) is 26.3. The Bertz CT molecular complexity index is 1900. The first kappa shape index (κ1) is 28.8. The number of likely N-dealkylation sites (tertiary alicyclic amines) is 2. The molecular weight excluding hydrogens is 598 g/mol. The molecule has 2 unspecified atom stereocenters. The van der Waals surface area contributed by atoms with E-state index in [1.807, 2.05) is 6.92 Å². The second kappa shape index (κ2) is 10.7. The molecule has 13 heteroatoms. The Morgan fingerprint density at radius 1 is 1.11 bits per heavy atom. The average Bonchev–Trinajstić information content (AvgIpc) is 3.79. The topological polar surface area (TPSA) is 117 Å². The third-order valence-corrected chi connectivity index (χ3v) is 11.1. The smallest absolute Gasteiger partial charge is 0.319 e. The fourth-order valence-corrected chi connectivity index (χ4v) is 9.02. The largest absolute Gasteiger partial charge is 0.459 e. The van der Waals surface area contributed by atoms with Gasteiger partial charge in [0.05, 0.1) is 40.8 Å². The Labute approximate surface area is 263 Å². The zero-order valence-electron chi connectivity index (χ0n) is 25.4. The van der Waals surface area contributed by atoms with Gasteiger partial charge in [-0.1, -0.05) is 0 Å². The number of thiophene rings is 1. The first-order valence-electron chi connectivity index (χ1n) is 15.5. The van der Waals surface area contributed by atoms with Crippen molar-refractivity contribution in [3.8, 4) is 23.3 Å². The lowest BCUT2D eigenvalue weighted by molar-refractivity contribution is 0.112. The van der Waals surface area contributed by atoms with Crippen molar-refractivity contribution in [1.29, 1.82) is 5.26 Å². The molecule has 0 saturated carbocycles. The van der Waals surface area contributed by atoms with E-state index in [9.17, 15) is 9.65 Å². The first-order chi connectivity index (χ1) is 21.7. The number of nitrogen functional groups attached to an aromatic ring is 1. The monoisotopic (exact) mass is 632 g/mol. The maximum Gasteiger partial charge on any atom is 0.319 e. The van der Waals surface area contributed by atoms with Crippen molar-refractivity contribution in [3.05, 3.63) is 34.5 Å². The van der Waals surface area contributed by atoms with Gasteiger partial charge >= 0.3 is 6.01 Å². The number of ether oxygens (including phenoxy) is 2. The van der Waals surface area contributed by atoms with Gasteiger partial charge in [-0.2, -0.15) is 15.2 Å². The van der Waals surface area contributed by atoms with Crippen LogP contribution in [0.1, 0.15) is 49.3 Å². The van der Waals surface area contributed by atoms with Crippen molar-refractivity contribution in [3.63, 3.8) is 0 Å². The number of fused-ring (bicyclic) bond motifs is 6. The molecule has 8 rings (SSSR count). The molecule has 10 nitrogen and oxygen atoms in total. The van der Waals surface area contributed by atoms with Gasteiger partial charge in [0.2, 0.25) is 0 Å². The molecule has 2 N–H and O–H groups in total. The standard InChI is InChI=1S/C32H34F2N8O2S/c1-15(22-5-4-8-41(22)3)44-32-38-28-25(31(39-32)42-16-6-7-17(42)12-40(2)11-16)20-14-43-13-19(20)23(26(28)34)27-24-18(9-35)30(36)45-29(24)21(33)10-37-27/h10,15-17,22H,4-8,11-14,36H2,1-3H3/t15-,16?,17?,22-/m0/s1. The summed E-state index contributed by atoms with van der Waals surface area (Å²) in [5.41, 5.74) is 8.01. The fourth-order valence-electron chi connectivity index (χ4n) is 8.10. The highest BCUT2D eigenvalue weighted by Gasteiger charge is 2.42. The molecule has 0 radical (unpaired) electrons. The third-order valence-electron chi connectivity index (χ3n) is 10.1. The number of likely N-dealkylation sites (N-methyl/N-ethyl adjacent to an activating group) is 2. The second-order valence-electron chi connectivity index (χ2n) is 12.8. The van der Waals surface area contributed by atoms with E-state index in [0.717, 1.165) is 68.4 Å². The van der Waals surface area contributed by atoms with Crippen molar-refractivity contribution in [2.24, 2.45) is 0 Å². The van der Waals surface area contributed by atoms with Crippen LogP contribution < -0.4 is 15.4 Å². The third kappa shape index (κ3) is 4.37. The number of piperazine rings is 1. The number of nitrogens with two attached hydrogens (primary N) is 1. The quantitative estimate of drug-likeness (QED) is 0.329. The Hall–Kier alpha value is -3.70. The van der Waals surface area contributed by atoms with Crippen molar-refractivity contribution < 1.29 is 18.3 Å². The summed E-state index contributed by atoms with van der Waals surface area (Å²) in [6, 6.07) is 2.86. The average molecular weight is 633 g/mol. The van der Waals surface area contributed by atoms with E-state index >= 15 is 4.39 Å². The van der Waals surface area contributed by atoms with Gasteiger partial charge < -0.3 is 25.0 Å². The van der Waals surface area contributed by atoms with Crippen LogP contribution in [0.2, 0.25) is 0 Å².